The lowest BCUT2D eigenvalue weighted by Gasteiger charge is -2.19. The Bertz CT molecular complexity index is 369. The van der Waals surface area contributed by atoms with Crippen molar-refractivity contribution < 1.29 is 37.1 Å². The standard InChI is InChI=1S/C11H23NO5.CH4O3S/c1-11(2,3)17-10(14)12-4-6-15-8-9-16-7-5-13;1-5(2,3)4/h13H,4-9H2,1-3H3,(H,12,14);1H3,(H,2,3,4). The summed E-state index contributed by atoms with van der Waals surface area (Å²) >= 11 is 0. The van der Waals surface area contributed by atoms with Gasteiger partial charge in [0.2, 0.25) is 0 Å². The molecule has 3 N–H and O–H groups in total. The monoisotopic (exact) mass is 345 g/mol. The second-order valence-electron chi connectivity index (χ2n) is 5.11. The molecular formula is C12H27NO8S. The molecule has 0 aromatic carbocycles. The van der Waals surface area contributed by atoms with E-state index < -0.39 is 21.8 Å². The molecule has 9 nitrogen and oxygen atoms in total. The number of aliphatic hydroxyl groups excluding tert-OH is 1. The van der Waals surface area contributed by atoms with Gasteiger partial charge >= 0.3 is 6.09 Å². The Morgan fingerprint density at radius 2 is 1.55 bits per heavy atom. The van der Waals surface area contributed by atoms with Crippen LogP contribution >= 0.6 is 0 Å². The Hall–Kier alpha value is -0.940. The molecule has 134 valence electrons. The fraction of sp³-hybridized carbons (Fsp3) is 0.917. The first-order chi connectivity index (χ1) is 9.95. The predicted octanol–water partition coefficient (Wildman–Crippen LogP) is 0.0406. The van der Waals surface area contributed by atoms with E-state index >= 15 is 0 Å². The van der Waals surface area contributed by atoms with E-state index in [2.05, 4.69) is 5.32 Å². The van der Waals surface area contributed by atoms with Crippen LogP contribution in [0.3, 0.4) is 0 Å². The third-order valence-corrected chi connectivity index (χ3v) is 1.52. The molecule has 0 radical (unpaired) electrons. The second kappa shape index (κ2) is 12.6. The highest BCUT2D eigenvalue weighted by Crippen LogP contribution is 2.05. The van der Waals surface area contributed by atoms with Crippen molar-refractivity contribution in [1.82, 2.24) is 5.32 Å². The maximum atomic E-state index is 11.2. The van der Waals surface area contributed by atoms with Crippen molar-refractivity contribution in [2.24, 2.45) is 0 Å². The molecule has 0 aliphatic rings. The number of amides is 1. The zero-order valence-electron chi connectivity index (χ0n) is 13.5. The van der Waals surface area contributed by atoms with E-state index in [1.54, 1.807) is 0 Å². The smallest absolute Gasteiger partial charge is 0.407 e. The zero-order valence-corrected chi connectivity index (χ0v) is 14.3. The van der Waals surface area contributed by atoms with Crippen LogP contribution < -0.4 is 5.32 Å². The van der Waals surface area contributed by atoms with Crippen molar-refractivity contribution in [2.75, 3.05) is 45.8 Å². The van der Waals surface area contributed by atoms with Gasteiger partial charge in [0.1, 0.15) is 5.60 Å². The van der Waals surface area contributed by atoms with Crippen LogP contribution in [0.15, 0.2) is 0 Å². The second-order valence-corrected chi connectivity index (χ2v) is 6.58. The van der Waals surface area contributed by atoms with Crippen molar-refractivity contribution in [1.29, 1.82) is 0 Å². The number of alkyl carbamates (subject to hydrolysis) is 1. The van der Waals surface area contributed by atoms with Gasteiger partial charge in [-0.3, -0.25) is 4.55 Å². The van der Waals surface area contributed by atoms with Crippen molar-refractivity contribution in [3.63, 3.8) is 0 Å². The summed E-state index contributed by atoms with van der Waals surface area (Å²) in [5.74, 6) is 0. The van der Waals surface area contributed by atoms with Gasteiger partial charge < -0.3 is 24.6 Å². The Balaban J connectivity index is 0. The average Bonchev–Trinajstić information content (AvgIpc) is 2.28. The molecule has 0 aromatic rings. The lowest BCUT2D eigenvalue weighted by Crippen LogP contribution is -2.34. The largest absolute Gasteiger partial charge is 0.444 e. The molecule has 0 saturated carbocycles. The Labute approximate surface area is 131 Å². The third-order valence-electron chi connectivity index (χ3n) is 1.52. The zero-order chi connectivity index (χ0) is 17.6. The van der Waals surface area contributed by atoms with E-state index in [1.807, 2.05) is 20.8 Å². The van der Waals surface area contributed by atoms with Gasteiger partial charge in [0.15, 0.2) is 0 Å². The molecule has 0 aliphatic carbocycles. The third kappa shape index (κ3) is 31.4. The molecule has 0 bridgehead atoms. The summed E-state index contributed by atoms with van der Waals surface area (Å²) < 4.78 is 41.1. The molecule has 22 heavy (non-hydrogen) atoms. The van der Waals surface area contributed by atoms with Gasteiger partial charge in [-0.1, -0.05) is 0 Å². The van der Waals surface area contributed by atoms with Crippen molar-refractivity contribution in [3.8, 4) is 0 Å². The number of rotatable bonds is 8. The maximum absolute atomic E-state index is 11.2. The van der Waals surface area contributed by atoms with Crippen molar-refractivity contribution >= 4 is 16.2 Å². The van der Waals surface area contributed by atoms with E-state index in [0.29, 0.717) is 39.2 Å². The van der Waals surface area contributed by atoms with E-state index in [-0.39, 0.29) is 6.61 Å². The SMILES string of the molecule is CC(C)(C)OC(=O)NCCOCCOCCO.CS(=O)(=O)O. The average molecular weight is 345 g/mol. The molecule has 0 heterocycles. The number of nitrogens with one attached hydrogen (secondary N) is 1. The van der Waals surface area contributed by atoms with Gasteiger partial charge in [-0.05, 0) is 20.8 Å². The van der Waals surface area contributed by atoms with Gasteiger partial charge in [-0.15, -0.1) is 0 Å². The molecule has 0 saturated heterocycles. The highest BCUT2D eigenvalue weighted by Gasteiger charge is 2.15. The summed E-state index contributed by atoms with van der Waals surface area (Å²) in [7, 11) is -3.67. The summed E-state index contributed by atoms with van der Waals surface area (Å²) in [5.41, 5.74) is -0.483. The predicted molar refractivity (Wildman–Crippen MR) is 80.4 cm³/mol. The Morgan fingerprint density at radius 1 is 1.09 bits per heavy atom. The lowest BCUT2D eigenvalue weighted by atomic mass is 10.2. The fourth-order valence-electron chi connectivity index (χ4n) is 0.926. The molecule has 10 heteroatoms. The first-order valence-corrected chi connectivity index (χ1v) is 8.46. The first kappa shape index (κ1) is 23.3. The van der Waals surface area contributed by atoms with Crippen LogP contribution in [-0.2, 0) is 24.3 Å². The molecule has 0 unspecified atom stereocenters. The van der Waals surface area contributed by atoms with Crippen molar-refractivity contribution in [2.45, 2.75) is 26.4 Å². The van der Waals surface area contributed by atoms with Crippen LogP contribution in [0.25, 0.3) is 0 Å². The van der Waals surface area contributed by atoms with E-state index in [0.717, 1.165) is 0 Å². The summed E-state index contributed by atoms with van der Waals surface area (Å²) in [6.45, 7) is 7.43. The molecule has 0 spiro atoms. The van der Waals surface area contributed by atoms with Crippen LogP contribution in [0, 0.1) is 0 Å². The Kier molecular flexibility index (Phi) is 13.3. The summed E-state index contributed by atoms with van der Waals surface area (Å²) in [4.78, 5) is 11.2. The number of hydrogen-bond acceptors (Lipinski definition) is 7. The molecule has 0 rings (SSSR count). The number of hydrogen-bond donors (Lipinski definition) is 3. The summed E-state index contributed by atoms with van der Waals surface area (Å²) in [6.07, 6.45) is 0.269. The molecule has 0 aromatic heterocycles. The van der Waals surface area contributed by atoms with Crippen LogP contribution in [0.5, 0.6) is 0 Å². The molecule has 0 atom stereocenters. The minimum atomic E-state index is -3.67. The van der Waals surface area contributed by atoms with E-state index in [9.17, 15) is 13.2 Å². The lowest BCUT2D eigenvalue weighted by molar-refractivity contribution is 0.0303. The minimum absolute atomic E-state index is 0.0141. The van der Waals surface area contributed by atoms with Crippen LogP contribution in [0.4, 0.5) is 4.79 Å². The molecule has 1 amide bonds. The van der Waals surface area contributed by atoms with Gasteiger partial charge in [0, 0.05) is 6.54 Å². The quantitative estimate of drug-likeness (QED) is 0.415. The van der Waals surface area contributed by atoms with Crippen molar-refractivity contribution in [3.05, 3.63) is 0 Å². The van der Waals surface area contributed by atoms with Crippen LogP contribution in [0.2, 0.25) is 0 Å². The number of carbonyl (C=O) groups is 1. The number of carbonyl (C=O) groups excluding carboxylic acids is 1. The van der Waals surface area contributed by atoms with Gasteiger partial charge in [0.05, 0.1) is 39.3 Å². The molecule has 0 aliphatic heterocycles. The fourth-order valence-corrected chi connectivity index (χ4v) is 0.926. The minimum Gasteiger partial charge on any atom is -0.444 e. The summed E-state index contributed by atoms with van der Waals surface area (Å²) in [5, 5.41) is 11.0. The van der Waals surface area contributed by atoms with Gasteiger partial charge in [-0.2, -0.15) is 8.42 Å². The van der Waals surface area contributed by atoms with Gasteiger partial charge in [-0.25, -0.2) is 4.79 Å². The highest BCUT2D eigenvalue weighted by molar-refractivity contribution is 7.85. The molecule has 0 fully saturated rings. The van der Waals surface area contributed by atoms with Crippen LogP contribution in [-0.4, -0.2) is 75.6 Å². The Morgan fingerprint density at radius 3 is 1.95 bits per heavy atom. The summed E-state index contributed by atoms with van der Waals surface area (Å²) in [6, 6.07) is 0. The highest BCUT2D eigenvalue weighted by atomic mass is 32.2. The maximum Gasteiger partial charge on any atom is 0.407 e. The van der Waals surface area contributed by atoms with E-state index in [1.165, 1.54) is 0 Å². The number of ether oxygens (including phenoxy) is 3. The topological polar surface area (TPSA) is 131 Å². The van der Waals surface area contributed by atoms with Gasteiger partial charge in [0.25, 0.3) is 10.1 Å². The van der Waals surface area contributed by atoms with Crippen LogP contribution in [0.1, 0.15) is 20.8 Å². The normalized spacial score (nSPS) is 11.4. The molecular weight excluding hydrogens is 318 g/mol. The van der Waals surface area contributed by atoms with E-state index in [4.69, 9.17) is 23.9 Å². The number of aliphatic hydroxyl groups is 1. The first-order valence-electron chi connectivity index (χ1n) is 6.61.